The molecule has 12 unspecified atom stereocenters. The zero-order valence-corrected chi connectivity index (χ0v) is 30.3. The Balaban J connectivity index is 1.01. The number of carbonyl (C=O) groups excluding carboxylic acids is 3. The van der Waals surface area contributed by atoms with Gasteiger partial charge < -0.3 is 14.6 Å². The van der Waals surface area contributed by atoms with E-state index in [2.05, 4.69) is 34.6 Å². The monoisotopic (exact) mass is 672 g/mol. The van der Waals surface area contributed by atoms with Crippen molar-refractivity contribution in [3.63, 3.8) is 0 Å². The molecule has 0 aromatic heterocycles. The van der Waals surface area contributed by atoms with E-state index in [0.29, 0.717) is 30.6 Å². The molecule has 7 nitrogen and oxygen atoms in total. The second kappa shape index (κ2) is 12.4. The molecule has 0 aliphatic heterocycles. The Kier molecular flexibility index (Phi) is 8.71. The molecule has 1 N–H and O–H groups in total. The van der Waals surface area contributed by atoms with Crippen molar-refractivity contribution in [2.75, 3.05) is 0 Å². The van der Waals surface area contributed by atoms with Gasteiger partial charge in [-0.15, -0.1) is 0 Å². The molecule has 6 aliphatic rings. The van der Waals surface area contributed by atoms with Crippen molar-refractivity contribution < 1.29 is 33.8 Å². The molecule has 7 heteroatoms. The average molecular weight is 673 g/mol. The van der Waals surface area contributed by atoms with E-state index >= 15 is 0 Å². The predicted molar refractivity (Wildman–Crippen MR) is 185 cm³/mol. The molecule has 0 radical (unpaired) electrons. The van der Waals surface area contributed by atoms with Gasteiger partial charge in [0.05, 0.1) is 17.3 Å². The van der Waals surface area contributed by atoms with Gasteiger partial charge >= 0.3 is 17.9 Å². The summed E-state index contributed by atoms with van der Waals surface area (Å²) in [5.41, 5.74) is 2.00. The fourth-order valence-electron chi connectivity index (χ4n) is 12.8. The van der Waals surface area contributed by atoms with Crippen LogP contribution < -0.4 is 0 Å². The number of esters is 2. The SMILES string of the molecule is CC(C)C1=C2C3CCC4C(C)(CCC5C(C)C(OC(=O)C6CC(C(=O)OCc7ccccc7)C6C)CCC54C)C3CCC2(C(=O)O)CC1=O. The molecule has 6 aliphatic carbocycles. The van der Waals surface area contributed by atoms with E-state index in [1.807, 2.05) is 37.3 Å². The molecule has 266 valence electrons. The summed E-state index contributed by atoms with van der Waals surface area (Å²) in [5, 5.41) is 10.5. The van der Waals surface area contributed by atoms with Crippen LogP contribution in [0.1, 0.15) is 111 Å². The summed E-state index contributed by atoms with van der Waals surface area (Å²) in [4.78, 5) is 52.5. The Morgan fingerprint density at radius 3 is 2.18 bits per heavy atom. The lowest BCUT2D eigenvalue weighted by Gasteiger charge is -2.67. The molecule has 0 spiro atoms. The highest BCUT2D eigenvalue weighted by Crippen LogP contribution is 2.71. The minimum atomic E-state index is -1.00. The number of aliphatic carboxylic acids is 1. The maximum atomic E-state index is 13.5. The van der Waals surface area contributed by atoms with Crippen molar-refractivity contribution in [1.29, 1.82) is 0 Å². The maximum Gasteiger partial charge on any atom is 0.314 e. The third-order valence-electron chi connectivity index (χ3n) is 15.4. The van der Waals surface area contributed by atoms with E-state index in [1.165, 1.54) is 0 Å². The van der Waals surface area contributed by atoms with Crippen LogP contribution in [0.5, 0.6) is 0 Å². The topological polar surface area (TPSA) is 107 Å². The molecular weight excluding hydrogens is 616 g/mol. The Morgan fingerprint density at radius 1 is 0.857 bits per heavy atom. The summed E-state index contributed by atoms with van der Waals surface area (Å²) in [6.45, 7) is 13.6. The average Bonchev–Trinajstić information content (AvgIpc) is 3.38. The second-order valence-corrected chi connectivity index (χ2v) is 17.8. The van der Waals surface area contributed by atoms with Crippen molar-refractivity contribution in [3.8, 4) is 0 Å². The molecular formula is C42H56O7. The van der Waals surface area contributed by atoms with Gasteiger partial charge in [-0.05, 0) is 127 Å². The summed E-state index contributed by atoms with van der Waals surface area (Å²) in [6, 6.07) is 9.66. The van der Waals surface area contributed by atoms with Gasteiger partial charge in [-0.3, -0.25) is 19.2 Å². The molecule has 5 fully saturated rings. The standard InChI is InChI=1S/C42H56O7/c1-23(2)35-32(43)21-42(39(46)47)19-15-31-27(36(35)42)12-13-34-40(5)18-16-33(25(4)30(40)14-17-41(31,34)6)49-38(45)29-20-28(24(29)3)37(44)48-22-26-10-8-7-9-11-26/h7-11,23-25,27-31,33-34H,12-22H2,1-6H3,(H,46,47). The Bertz CT molecular complexity index is 1540. The molecule has 5 saturated carbocycles. The van der Waals surface area contributed by atoms with E-state index < -0.39 is 11.4 Å². The number of hydrogen-bond acceptors (Lipinski definition) is 6. The smallest absolute Gasteiger partial charge is 0.314 e. The number of ketones is 1. The Hall–Kier alpha value is -2.96. The maximum absolute atomic E-state index is 13.5. The lowest BCUT2D eigenvalue weighted by molar-refractivity contribution is -0.197. The first kappa shape index (κ1) is 34.5. The van der Waals surface area contributed by atoms with Crippen LogP contribution in [0.25, 0.3) is 0 Å². The van der Waals surface area contributed by atoms with Gasteiger partial charge in [0.1, 0.15) is 12.7 Å². The number of Topliss-reactive ketones (excluding diaryl/α,β-unsaturated/α-hetero) is 1. The lowest BCUT2D eigenvalue weighted by Crippen LogP contribution is -2.61. The molecule has 0 saturated heterocycles. The number of benzene rings is 1. The number of carbonyl (C=O) groups is 4. The van der Waals surface area contributed by atoms with Gasteiger partial charge in [0.25, 0.3) is 0 Å². The fourth-order valence-corrected chi connectivity index (χ4v) is 12.8. The van der Waals surface area contributed by atoms with E-state index in [4.69, 9.17) is 9.47 Å². The summed E-state index contributed by atoms with van der Waals surface area (Å²) in [5.74, 6) is 0.0710. The van der Waals surface area contributed by atoms with Crippen molar-refractivity contribution >= 4 is 23.7 Å². The number of rotatable bonds is 7. The first-order chi connectivity index (χ1) is 23.2. The van der Waals surface area contributed by atoms with Gasteiger partial charge in [0.15, 0.2) is 5.78 Å². The van der Waals surface area contributed by atoms with Gasteiger partial charge in [-0.2, -0.15) is 0 Å². The molecule has 1 aromatic carbocycles. The first-order valence-corrected chi connectivity index (χ1v) is 19.1. The number of fused-ring (bicyclic) bond motifs is 7. The van der Waals surface area contributed by atoms with Crippen LogP contribution in [0.2, 0.25) is 0 Å². The normalized spacial score (nSPS) is 42.7. The second-order valence-electron chi connectivity index (χ2n) is 17.8. The van der Waals surface area contributed by atoms with Crippen LogP contribution in [-0.2, 0) is 35.3 Å². The minimum absolute atomic E-state index is 0.0439. The Morgan fingerprint density at radius 2 is 1.51 bits per heavy atom. The van der Waals surface area contributed by atoms with Crippen molar-refractivity contribution in [1.82, 2.24) is 0 Å². The highest BCUT2D eigenvalue weighted by atomic mass is 16.5. The minimum Gasteiger partial charge on any atom is -0.481 e. The highest BCUT2D eigenvalue weighted by Gasteiger charge is 2.66. The summed E-state index contributed by atoms with van der Waals surface area (Å²) in [7, 11) is 0. The van der Waals surface area contributed by atoms with Crippen LogP contribution in [0.15, 0.2) is 41.5 Å². The summed E-state index contributed by atoms with van der Waals surface area (Å²) < 4.78 is 11.9. The van der Waals surface area contributed by atoms with Crippen LogP contribution in [0.3, 0.4) is 0 Å². The number of ether oxygens (including phenoxy) is 2. The summed E-state index contributed by atoms with van der Waals surface area (Å²) in [6.07, 6.45) is 8.03. The number of hydrogen-bond donors (Lipinski definition) is 1. The van der Waals surface area contributed by atoms with Gasteiger partial charge in [0.2, 0.25) is 0 Å². The molecule has 49 heavy (non-hydrogen) atoms. The van der Waals surface area contributed by atoms with Crippen LogP contribution in [-0.4, -0.2) is 34.9 Å². The van der Waals surface area contributed by atoms with Gasteiger partial charge in [0, 0.05) is 6.42 Å². The highest BCUT2D eigenvalue weighted by molar-refractivity contribution is 6.05. The summed E-state index contributed by atoms with van der Waals surface area (Å²) >= 11 is 0. The third kappa shape index (κ3) is 5.25. The van der Waals surface area contributed by atoms with E-state index in [1.54, 1.807) is 0 Å². The quantitative estimate of drug-likeness (QED) is 0.291. The molecule has 0 amide bonds. The fraction of sp³-hybridized carbons (Fsp3) is 0.714. The lowest BCUT2D eigenvalue weighted by atomic mass is 9.38. The Labute approximate surface area is 292 Å². The molecule has 1 aromatic rings. The molecule has 0 bridgehead atoms. The van der Waals surface area contributed by atoms with Gasteiger partial charge in [-0.25, -0.2) is 0 Å². The molecule has 7 rings (SSSR count). The largest absolute Gasteiger partial charge is 0.481 e. The van der Waals surface area contributed by atoms with Crippen molar-refractivity contribution in [2.45, 2.75) is 118 Å². The van der Waals surface area contributed by atoms with Crippen LogP contribution in [0, 0.1) is 69.5 Å². The van der Waals surface area contributed by atoms with Crippen LogP contribution >= 0.6 is 0 Å². The van der Waals surface area contributed by atoms with Crippen LogP contribution in [0.4, 0.5) is 0 Å². The first-order valence-electron chi connectivity index (χ1n) is 19.1. The van der Waals surface area contributed by atoms with E-state index in [9.17, 15) is 24.3 Å². The zero-order chi connectivity index (χ0) is 35.0. The number of allylic oxidation sites excluding steroid dienone is 1. The third-order valence-corrected chi connectivity index (χ3v) is 15.4. The number of carboxylic acids is 1. The number of carboxylic acid groups (broad SMARTS) is 1. The predicted octanol–water partition coefficient (Wildman–Crippen LogP) is 8.20. The molecule has 0 heterocycles. The zero-order valence-electron chi connectivity index (χ0n) is 30.3. The van der Waals surface area contributed by atoms with Crippen molar-refractivity contribution in [3.05, 3.63) is 47.0 Å². The molecule has 12 atom stereocenters. The van der Waals surface area contributed by atoms with Crippen molar-refractivity contribution in [2.24, 2.45) is 69.5 Å². The van der Waals surface area contributed by atoms with E-state index in [0.717, 1.165) is 61.7 Å². The van der Waals surface area contributed by atoms with E-state index in [-0.39, 0.29) is 83.2 Å². The van der Waals surface area contributed by atoms with Gasteiger partial charge in [-0.1, -0.05) is 71.9 Å².